The van der Waals surface area contributed by atoms with Crippen LogP contribution in [0.4, 0.5) is 8.78 Å². The molecule has 110 valence electrons. The summed E-state index contributed by atoms with van der Waals surface area (Å²) < 4.78 is 26.4. The highest BCUT2D eigenvalue weighted by Crippen LogP contribution is 2.19. The fourth-order valence-electron chi connectivity index (χ4n) is 1.85. The largest absolute Gasteiger partial charge is 0.387 e. The van der Waals surface area contributed by atoms with Gasteiger partial charge in [-0.1, -0.05) is 0 Å². The van der Waals surface area contributed by atoms with Crippen molar-refractivity contribution >= 4 is 5.91 Å². The fourth-order valence-corrected chi connectivity index (χ4v) is 1.85. The summed E-state index contributed by atoms with van der Waals surface area (Å²) in [7, 11) is 0. The van der Waals surface area contributed by atoms with Crippen molar-refractivity contribution in [3.05, 3.63) is 35.4 Å². The molecule has 0 aromatic heterocycles. The van der Waals surface area contributed by atoms with Crippen LogP contribution in [0.1, 0.15) is 30.9 Å². The monoisotopic (exact) mass is 284 g/mol. The van der Waals surface area contributed by atoms with E-state index in [1.54, 1.807) is 0 Å². The Morgan fingerprint density at radius 3 is 2.85 bits per heavy atom. The number of amides is 1. The molecule has 1 fully saturated rings. The van der Waals surface area contributed by atoms with Gasteiger partial charge in [0.25, 0.3) is 0 Å². The smallest absolute Gasteiger partial charge is 0.221 e. The minimum absolute atomic E-state index is 0.0357. The van der Waals surface area contributed by atoms with E-state index in [-0.39, 0.29) is 18.0 Å². The molecule has 0 radical (unpaired) electrons. The SMILES string of the molecule is O=C(CCNCC(O)c1cc(F)ccc1F)NC1CC1. The zero-order chi connectivity index (χ0) is 14.5. The Bertz CT molecular complexity index is 478. The Morgan fingerprint density at radius 1 is 1.40 bits per heavy atom. The summed E-state index contributed by atoms with van der Waals surface area (Å²) in [5, 5.41) is 15.5. The average Bonchev–Trinajstić information content (AvgIpc) is 3.21. The highest BCUT2D eigenvalue weighted by molar-refractivity contribution is 5.76. The van der Waals surface area contributed by atoms with Crippen molar-refractivity contribution in [1.82, 2.24) is 10.6 Å². The predicted octanol–water partition coefficient (Wildman–Crippen LogP) is 1.26. The highest BCUT2D eigenvalue weighted by atomic mass is 19.1. The predicted molar refractivity (Wildman–Crippen MR) is 70.0 cm³/mol. The van der Waals surface area contributed by atoms with E-state index in [0.29, 0.717) is 19.0 Å². The molecule has 1 aliphatic rings. The van der Waals surface area contributed by atoms with E-state index in [1.165, 1.54) is 0 Å². The van der Waals surface area contributed by atoms with Crippen molar-refractivity contribution in [2.75, 3.05) is 13.1 Å². The van der Waals surface area contributed by atoms with Crippen LogP contribution in [0.25, 0.3) is 0 Å². The van der Waals surface area contributed by atoms with E-state index >= 15 is 0 Å². The number of aliphatic hydroxyl groups excluding tert-OH is 1. The van der Waals surface area contributed by atoms with E-state index in [1.807, 2.05) is 0 Å². The van der Waals surface area contributed by atoms with Gasteiger partial charge in [-0.3, -0.25) is 4.79 Å². The zero-order valence-electron chi connectivity index (χ0n) is 11.0. The molecule has 0 heterocycles. The quantitative estimate of drug-likeness (QED) is 0.661. The lowest BCUT2D eigenvalue weighted by Crippen LogP contribution is -2.30. The molecule has 1 saturated carbocycles. The Morgan fingerprint density at radius 2 is 2.15 bits per heavy atom. The van der Waals surface area contributed by atoms with Gasteiger partial charge in [0, 0.05) is 31.1 Å². The second kappa shape index (κ2) is 6.76. The number of nitrogens with one attached hydrogen (secondary N) is 2. The van der Waals surface area contributed by atoms with Gasteiger partial charge in [-0.05, 0) is 31.0 Å². The molecule has 0 bridgehead atoms. The molecule has 6 heteroatoms. The molecule has 1 amide bonds. The summed E-state index contributed by atoms with van der Waals surface area (Å²) in [6, 6.07) is 3.29. The summed E-state index contributed by atoms with van der Waals surface area (Å²) in [6.45, 7) is 0.448. The maximum Gasteiger partial charge on any atom is 0.221 e. The summed E-state index contributed by atoms with van der Waals surface area (Å²) >= 11 is 0. The highest BCUT2D eigenvalue weighted by Gasteiger charge is 2.22. The molecule has 0 saturated heterocycles. The van der Waals surface area contributed by atoms with Gasteiger partial charge in [0.2, 0.25) is 5.91 Å². The van der Waals surface area contributed by atoms with Gasteiger partial charge in [-0.2, -0.15) is 0 Å². The van der Waals surface area contributed by atoms with Gasteiger partial charge >= 0.3 is 0 Å². The van der Waals surface area contributed by atoms with Crippen LogP contribution >= 0.6 is 0 Å². The molecule has 1 aromatic carbocycles. The van der Waals surface area contributed by atoms with E-state index in [0.717, 1.165) is 31.0 Å². The van der Waals surface area contributed by atoms with Crippen molar-refractivity contribution in [1.29, 1.82) is 0 Å². The number of rotatable bonds is 7. The molecule has 1 aliphatic carbocycles. The minimum atomic E-state index is -1.14. The first kappa shape index (κ1) is 14.9. The van der Waals surface area contributed by atoms with Crippen LogP contribution in [0.15, 0.2) is 18.2 Å². The van der Waals surface area contributed by atoms with Gasteiger partial charge in [-0.15, -0.1) is 0 Å². The molecule has 0 spiro atoms. The molecule has 3 N–H and O–H groups in total. The third-order valence-electron chi connectivity index (χ3n) is 3.13. The third kappa shape index (κ3) is 4.54. The van der Waals surface area contributed by atoms with Gasteiger partial charge in [-0.25, -0.2) is 8.78 Å². The van der Waals surface area contributed by atoms with Crippen molar-refractivity contribution in [3.8, 4) is 0 Å². The van der Waals surface area contributed by atoms with Crippen LogP contribution in [0.5, 0.6) is 0 Å². The maximum atomic E-state index is 13.4. The molecule has 20 heavy (non-hydrogen) atoms. The Kier molecular flexibility index (Phi) is 5.03. The standard InChI is InChI=1S/C14H18F2N2O2/c15-9-1-4-12(16)11(7-9)13(19)8-17-6-5-14(20)18-10-2-3-10/h1,4,7,10,13,17,19H,2-3,5-6,8H2,(H,18,20). The first-order chi connectivity index (χ1) is 9.56. The van der Waals surface area contributed by atoms with Gasteiger partial charge in [0.05, 0.1) is 6.10 Å². The van der Waals surface area contributed by atoms with Crippen LogP contribution in [0.2, 0.25) is 0 Å². The number of benzene rings is 1. The molecule has 1 aromatic rings. The van der Waals surface area contributed by atoms with Gasteiger partial charge in [0.15, 0.2) is 0 Å². The molecule has 0 aliphatic heterocycles. The molecule has 2 rings (SSSR count). The second-order valence-electron chi connectivity index (χ2n) is 4.98. The molecular formula is C14H18F2N2O2. The van der Waals surface area contributed by atoms with Crippen LogP contribution in [-0.4, -0.2) is 30.1 Å². The van der Waals surface area contributed by atoms with Crippen molar-refractivity contribution in [3.63, 3.8) is 0 Å². The number of carbonyl (C=O) groups is 1. The summed E-state index contributed by atoms with van der Waals surface area (Å²) in [6.07, 6.45) is 1.24. The number of hydrogen-bond donors (Lipinski definition) is 3. The number of hydrogen-bond acceptors (Lipinski definition) is 3. The lowest BCUT2D eigenvalue weighted by molar-refractivity contribution is -0.121. The first-order valence-electron chi connectivity index (χ1n) is 6.69. The number of halogens is 2. The number of aliphatic hydroxyl groups is 1. The van der Waals surface area contributed by atoms with E-state index in [4.69, 9.17) is 0 Å². The Balaban J connectivity index is 1.70. The fraction of sp³-hybridized carbons (Fsp3) is 0.500. The minimum Gasteiger partial charge on any atom is -0.387 e. The second-order valence-corrected chi connectivity index (χ2v) is 4.98. The molecule has 1 atom stereocenters. The zero-order valence-corrected chi connectivity index (χ0v) is 11.0. The molecule has 1 unspecified atom stereocenters. The normalized spacial score (nSPS) is 15.9. The molecule has 4 nitrogen and oxygen atoms in total. The van der Waals surface area contributed by atoms with Gasteiger partial charge in [0.1, 0.15) is 11.6 Å². The summed E-state index contributed by atoms with van der Waals surface area (Å²) in [5.41, 5.74) is -0.0834. The lowest BCUT2D eigenvalue weighted by atomic mass is 10.1. The lowest BCUT2D eigenvalue weighted by Gasteiger charge is -2.13. The van der Waals surface area contributed by atoms with Crippen LogP contribution < -0.4 is 10.6 Å². The Hall–Kier alpha value is -1.53. The van der Waals surface area contributed by atoms with Crippen molar-refractivity contribution in [2.24, 2.45) is 0 Å². The van der Waals surface area contributed by atoms with Crippen LogP contribution in [-0.2, 0) is 4.79 Å². The van der Waals surface area contributed by atoms with Crippen molar-refractivity contribution < 1.29 is 18.7 Å². The van der Waals surface area contributed by atoms with E-state index in [2.05, 4.69) is 10.6 Å². The third-order valence-corrected chi connectivity index (χ3v) is 3.13. The van der Waals surface area contributed by atoms with Gasteiger partial charge < -0.3 is 15.7 Å². The van der Waals surface area contributed by atoms with Crippen molar-refractivity contribution in [2.45, 2.75) is 31.4 Å². The first-order valence-corrected chi connectivity index (χ1v) is 6.69. The number of carbonyl (C=O) groups excluding carboxylic acids is 1. The topological polar surface area (TPSA) is 61.4 Å². The van der Waals surface area contributed by atoms with Crippen LogP contribution in [0, 0.1) is 11.6 Å². The summed E-state index contributed by atoms with van der Waals surface area (Å²) in [5.74, 6) is -1.28. The van der Waals surface area contributed by atoms with E-state index in [9.17, 15) is 18.7 Å². The maximum absolute atomic E-state index is 13.4. The van der Waals surface area contributed by atoms with Crippen LogP contribution in [0.3, 0.4) is 0 Å². The average molecular weight is 284 g/mol. The molecular weight excluding hydrogens is 266 g/mol. The van der Waals surface area contributed by atoms with E-state index < -0.39 is 17.7 Å². The summed E-state index contributed by atoms with van der Waals surface area (Å²) in [4.78, 5) is 11.4. The Labute approximate surface area is 116 Å².